The van der Waals surface area contributed by atoms with Crippen molar-refractivity contribution in [2.24, 2.45) is 0 Å². The fraction of sp³-hybridized carbons (Fsp3) is 0.222. The number of aryl methyl sites for hydroxylation is 1. The molecule has 1 aliphatic heterocycles. The van der Waals surface area contributed by atoms with Gasteiger partial charge in [0.05, 0.1) is 11.0 Å². The maximum Gasteiger partial charge on any atom is 0.323 e. The summed E-state index contributed by atoms with van der Waals surface area (Å²) in [7, 11) is 0. The lowest BCUT2D eigenvalue weighted by Crippen LogP contribution is -2.24. The van der Waals surface area contributed by atoms with E-state index in [1.165, 1.54) is 11.1 Å². The van der Waals surface area contributed by atoms with Gasteiger partial charge in [0.2, 0.25) is 5.82 Å². The largest absolute Gasteiger partial charge is 0.334 e. The van der Waals surface area contributed by atoms with Gasteiger partial charge in [-0.25, -0.2) is 4.79 Å². The Kier molecular flexibility index (Phi) is 3.26. The van der Waals surface area contributed by atoms with E-state index in [9.17, 15) is 4.79 Å². The van der Waals surface area contributed by atoms with Crippen LogP contribution in [0, 0.1) is 6.92 Å². The lowest BCUT2D eigenvalue weighted by molar-refractivity contribution is 0.432. The Hall–Kier alpha value is -3.26. The van der Waals surface area contributed by atoms with Crippen LogP contribution in [0.15, 0.2) is 33.7 Å². The summed E-state index contributed by atoms with van der Waals surface area (Å²) in [4.78, 5) is 26.0. The van der Waals surface area contributed by atoms with E-state index < -0.39 is 0 Å². The highest BCUT2D eigenvalue weighted by Crippen LogP contribution is 2.30. The molecule has 0 radical (unpaired) electrons. The van der Waals surface area contributed by atoms with Crippen molar-refractivity contribution in [2.75, 3.05) is 6.54 Å². The Morgan fingerprint density at radius 1 is 1.19 bits per heavy atom. The van der Waals surface area contributed by atoms with Crippen LogP contribution in [0.4, 0.5) is 0 Å². The van der Waals surface area contributed by atoms with Crippen LogP contribution in [0.2, 0.25) is 0 Å². The highest BCUT2D eigenvalue weighted by molar-refractivity contribution is 5.80. The molecule has 0 fully saturated rings. The molecule has 130 valence electrons. The number of hydrogen-bond acceptors (Lipinski definition) is 6. The topological polar surface area (TPSA) is 112 Å². The van der Waals surface area contributed by atoms with E-state index in [-0.39, 0.29) is 5.69 Å². The second-order valence-corrected chi connectivity index (χ2v) is 6.41. The third-order valence-electron chi connectivity index (χ3n) is 4.75. The number of H-pyrrole nitrogens is 2. The van der Waals surface area contributed by atoms with Crippen molar-refractivity contribution >= 4 is 11.0 Å². The lowest BCUT2D eigenvalue weighted by Gasteiger charge is -2.19. The molecule has 1 aliphatic rings. The Balaban J connectivity index is 1.61. The van der Waals surface area contributed by atoms with Gasteiger partial charge in [-0.2, -0.15) is 4.98 Å². The van der Waals surface area contributed by atoms with Gasteiger partial charge in [0, 0.05) is 29.6 Å². The van der Waals surface area contributed by atoms with E-state index in [1.807, 2.05) is 31.3 Å². The molecular formula is C18H16N6O2. The predicted molar refractivity (Wildman–Crippen MR) is 95.6 cm³/mol. The molecule has 0 saturated carbocycles. The molecule has 0 bridgehead atoms. The number of aromatic nitrogens is 5. The van der Waals surface area contributed by atoms with Gasteiger partial charge in [-0.3, -0.25) is 4.98 Å². The average Bonchev–Trinajstić information content (AvgIpc) is 3.26. The average molecular weight is 348 g/mol. The lowest BCUT2D eigenvalue weighted by atomic mass is 9.95. The van der Waals surface area contributed by atoms with Crippen molar-refractivity contribution in [3.05, 3.63) is 51.7 Å². The quantitative estimate of drug-likeness (QED) is 0.510. The zero-order chi connectivity index (χ0) is 17.7. The number of nitrogens with one attached hydrogen (secondary N) is 3. The molecule has 4 heterocycles. The van der Waals surface area contributed by atoms with Crippen LogP contribution in [0.3, 0.4) is 0 Å². The molecule has 0 atom stereocenters. The maximum absolute atomic E-state index is 11.4. The van der Waals surface area contributed by atoms with Crippen LogP contribution in [0.5, 0.6) is 0 Å². The fourth-order valence-electron chi connectivity index (χ4n) is 3.48. The molecule has 5 rings (SSSR count). The zero-order valence-electron chi connectivity index (χ0n) is 14.1. The molecule has 0 aliphatic carbocycles. The Morgan fingerprint density at radius 3 is 3.00 bits per heavy atom. The van der Waals surface area contributed by atoms with Crippen molar-refractivity contribution in [3.8, 4) is 22.8 Å². The molecule has 0 spiro atoms. The number of imidazole rings is 1. The second kappa shape index (κ2) is 5.63. The van der Waals surface area contributed by atoms with E-state index in [2.05, 4.69) is 30.4 Å². The summed E-state index contributed by atoms with van der Waals surface area (Å²) in [6.45, 7) is 3.69. The third-order valence-corrected chi connectivity index (χ3v) is 4.75. The first-order chi connectivity index (χ1) is 12.7. The normalized spacial score (nSPS) is 13.9. The van der Waals surface area contributed by atoms with Gasteiger partial charge in [-0.1, -0.05) is 5.16 Å². The fourth-order valence-corrected chi connectivity index (χ4v) is 3.48. The van der Waals surface area contributed by atoms with Gasteiger partial charge in [0.25, 0.3) is 5.89 Å². The maximum atomic E-state index is 11.4. The first kappa shape index (κ1) is 15.0. The van der Waals surface area contributed by atoms with Crippen molar-refractivity contribution in [1.29, 1.82) is 0 Å². The number of pyridine rings is 1. The SMILES string of the molecule is Cc1ncc2c(c1-c1noc(-c3ccc4[nH]c(=O)[nH]c4c3)n1)CCNC2. The van der Waals surface area contributed by atoms with E-state index in [0.717, 1.165) is 41.8 Å². The van der Waals surface area contributed by atoms with Gasteiger partial charge in [0.15, 0.2) is 0 Å². The highest BCUT2D eigenvalue weighted by Gasteiger charge is 2.21. The summed E-state index contributed by atoms with van der Waals surface area (Å²) in [5, 5.41) is 7.54. The summed E-state index contributed by atoms with van der Waals surface area (Å²) < 4.78 is 5.50. The summed E-state index contributed by atoms with van der Waals surface area (Å²) in [5.41, 5.74) is 6.21. The minimum Gasteiger partial charge on any atom is -0.334 e. The molecule has 0 amide bonds. The third kappa shape index (κ3) is 2.34. The monoisotopic (exact) mass is 348 g/mol. The van der Waals surface area contributed by atoms with Crippen molar-refractivity contribution < 1.29 is 4.52 Å². The molecule has 0 saturated heterocycles. The van der Waals surface area contributed by atoms with Crippen LogP contribution in [-0.2, 0) is 13.0 Å². The molecule has 4 aromatic rings. The van der Waals surface area contributed by atoms with Crippen LogP contribution < -0.4 is 11.0 Å². The predicted octanol–water partition coefficient (Wildman–Crippen LogP) is 1.92. The molecule has 8 nitrogen and oxygen atoms in total. The van der Waals surface area contributed by atoms with Gasteiger partial charge >= 0.3 is 5.69 Å². The van der Waals surface area contributed by atoms with Gasteiger partial charge in [-0.05, 0) is 49.2 Å². The first-order valence-electron chi connectivity index (χ1n) is 8.43. The van der Waals surface area contributed by atoms with Crippen LogP contribution >= 0.6 is 0 Å². The molecule has 26 heavy (non-hydrogen) atoms. The van der Waals surface area contributed by atoms with Gasteiger partial charge in [0.1, 0.15) is 0 Å². The Labute approximate surface area is 147 Å². The Morgan fingerprint density at radius 2 is 2.08 bits per heavy atom. The molecule has 0 unspecified atom stereocenters. The number of benzene rings is 1. The molecule has 3 N–H and O–H groups in total. The van der Waals surface area contributed by atoms with Crippen LogP contribution in [-0.4, -0.2) is 31.6 Å². The number of fused-ring (bicyclic) bond motifs is 2. The molecule has 3 aromatic heterocycles. The number of hydrogen-bond donors (Lipinski definition) is 3. The molecule has 8 heteroatoms. The number of rotatable bonds is 2. The molecular weight excluding hydrogens is 332 g/mol. The summed E-state index contributed by atoms with van der Waals surface area (Å²) in [6, 6.07) is 5.48. The van der Waals surface area contributed by atoms with Crippen molar-refractivity contribution in [2.45, 2.75) is 19.9 Å². The highest BCUT2D eigenvalue weighted by atomic mass is 16.5. The zero-order valence-corrected chi connectivity index (χ0v) is 14.1. The van der Waals surface area contributed by atoms with E-state index >= 15 is 0 Å². The second-order valence-electron chi connectivity index (χ2n) is 6.41. The Bertz CT molecular complexity index is 1190. The summed E-state index contributed by atoms with van der Waals surface area (Å²) >= 11 is 0. The minimum absolute atomic E-state index is 0.241. The van der Waals surface area contributed by atoms with E-state index in [0.29, 0.717) is 17.2 Å². The van der Waals surface area contributed by atoms with Gasteiger partial charge in [-0.15, -0.1) is 0 Å². The van der Waals surface area contributed by atoms with Crippen molar-refractivity contribution in [3.63, 3.8) is 0 Å². The van der Waals surface area contributed by atoms with Crippen LogP contribution in [0.25, 0.3) is 33.9 Å². The minimum atomic E-state index is -0.241. The number of nitrogens with zero attached hydrogens (tertiary/aromatic N) is 3. The number of aromatic amines is 2. The van der Waals surface area contributed by atoms with Gasteiger partial charge < -0.3 is 19.8 Å². The summed E-state index contributed by atoms with van der Waals surface area (Å²) in [6.07, 6.45) is 2.83. The summed E-state index contributed by atoms with van der Waals surface area (Å²) in [5.74, 6) is 0.960. The first-order valence-corrected chi connectivity index (χ1v) is 8.43. The smallest absolute Gasteiger partial charge is 0.323 e. The van der Waals surface area contributed by atoms with E-state index in [4.69, 9.17) is 4.52 Å². The van der Waals surface area contributed by atoms with E-state index in [1.54, 1.807) is 0 Å². The standard InChI is InChI=1S/C18H16N6O2/c1-9-15(12-4-5-19-7-11(12)8-20-9)16-23-17(26-24-16)10-2-3-13-14(6-10)22-18(25)21-13/h2-3,6,8,19H,4-5,7H2,1H3,(H2,21,22,25). The molecule has 1 aromatic carbocycles. The van der Waals surface area contributed by atoms with Crippen LogP contribution in [0.1, 0.15) is 16.8 Å². The van der Waals surface area contributed by atoms with Crippen molar-refractivity contribution in [1.82, 2.24) is 30.4 Å².